The highest BCUT2D eigenvalue weighted by Crippen LogP contribution is 2.21. The Morgan fingerprint density at radius 3 is 2.55 bits per heavy atom. The third-order valence-electron chi connectivity index (χ3n) is 3.01. The van der Waals surface area contributed by atoms with Crippen LogP contribution in [-0.2, 0) is 4.79 Å². The normalized spacial score (nSPS) is 10.3. The summed E-state index contributed by atoms with van der Waals surface area (Å²) in [7, 11) is 1.78. The molecule has 0 saturated heterocycles. The van der Waals surface area contributed by atoms with E-state index in [1.165, 1.54) is 5.56 Å². The summed E-state index contributed by atoms with van der Waals surface area (Å²) in [5.74, 6) is 0.492. The molecule has 4 heteroatoms. The summed E-state index contributed by atoms with van der Waals surface area (Å²) in [5, 5.41) is 0. The van der Waals surface area contributed by atoms with Crippen molar-refractivity contribution < 1.29 is 4.79 Å². The maximum absolute atomic E-state index is 12.2. The average molecular weight is 286 g/mol. The number of carbonyl (C=O) groups is 1. The molecule has 0 bridgehead atoms. The molecule has 0 saturated carbocycles. The largest absolute Gasteiger partial charge is 0.399 e. The minimum Gasteiger partial charge on any atom is -0.399 e. The number of nitrogens with two attached hydrogens (primary N) is 1. The van der Waals surface area contributed by atoms with Gasteiger partial charge in [-0.05, 0) is 43.3 Å². The lowest BCUT2D eigenvalue weighted by molar-refractivity contribution is -0.115. The van der Waals surface area contributed by atoms with Crippen LogP contribution >= 0.6 is 11.8 Å². The second kappa shape index (κ2) is 6.48. The summed E-state index contributed by atoms with van der Waals surface area (Å²) in [6.45, 7) is 2.05. The SMILES string of the molecule is Cc1cccc(SCC(=O)N(C)c2ccc(N)cc2)c1. The number of aryl methyl sites for hydroxylation is 1. The van der Waals surface area contributed by atoms with Crippen LogP contribution in [0.4, 0.5) is 11.4 Å². The van der Waals surface area contributed by atoms with Crippen LogP contribution in [0, 0.1) is 6.92 Å². The molecule has 104 valence electrons. The molecule has 2 rings (SSSR count). The number of benzene rings is 2. The minimum absolute atomic E-state index is 0.0706. The van der Waals surface area contributed by atoms with Crippen LogP contribution in [0.5, 0.6) is 0 Å². The van der Waals surface area contributed by atoms with Gasteiger partial charge in [-0.3, -0.25) is 4.79 Å². The van der Waals surface area contributed by atoms with Crippen LogP contribution in [0.25, 0.3) is 0 Å². The fraction of sp³-hybridized carbons (Fsp3) is 0.188. The Hall–Kier alpha value is -1.94. The van der Waals surface area contributed by atoms with E-state index in [0.717, 1.165) is 10.6 Å². The number of amides is 1. The van der Waals surface area contributed by atoms with E-state index in [2.05, 4.69) is 6.07 Å². The van der Waals surface area contributed by atoms with E-state index >= 15 is 0 Å². The van der Waals surface area contributed by atoms with Crippen LogP contribution < -0.4 is 10.6 Å². The summed E-state index contributed by atoms with van der Waals surface area (Å²) in [6.07, 6.45) is 0. The molecular formula is C16H18N2OS. The molecule has 3 nitrogen and oxygen atoms in total. The molecule has 0 aliphatic carbocycles. The average Bonchev–Trinajstić information content (AvgIpc) is 2.45. The van der Waals surface area contributed by atoms with Gasteiger partial charge in [-0.2, -0.15) is 0 Å². The van der Waals surface area contributed by atoms with Gasteiger partial charge >= 0.3 is 0 Å². The van der Waals surface area contributed by atoms with Crippen molar-refractivity contribution in [2.75, 3.05) is 23.4 Å². The van der Waals surface area contributed by atoms with Gasteiger partial charge in [-0.15, -0.1) is 11.8 Å². The predicted octanol–water partition coefficient (Wildman–Crippen LogP) is 3.33. The lowest BCUT2D eigenvalue weighted by atomic mass is 10.2. The zero-order chi connectivity index (χ0) is 14.5. The molecule has 2 N–H and O–H groups in total. The molecule has 0 aromatic heterocycles. The van der Waals surface area contributed by atoms with E-state index in [-0.39, 0.29) is 5.91 Å². The van der Waals surface area contributed by atoms with Gasteiger partial charge in [0.1, 0.15) is 0 Å². The standard InChI is InChI=1S/C16H18N2OS/c1-12-4-3-5-15(10-12)20-11-16(19)18(2)14-8-6-13(17)7-9-14/h3-10H,11,17H2,1-2H3. The number of carbonyl (C=O) groups excluding carboxylic acids is 1. The van der Waals surface area contributed by atoms with Crippen molar-refractivity contribution in [3.8, 4) is 0 Å². The second-order valence-corrected chi connectivity index (χ2v) is 5.70. The Labute approximate surface area is 123 Å². The van der Waals surface area contributed by atoms with Crippen molar-refractivity contribution in [1.29, 1.82) is 0 Å². The maximum atomic E-state index is 12.2. The highest BCUT2D eigenvalue weighted by molar-refractivity contribution is 8.00. The van der Waals surface area contributed by atoms with Crippen molar-refractivity contribution >= 4 is 29.0 Å². The van der Waals surface area contributed by atoms with E-state index < -0.39 is 0 Å². The first-order valence-electron chi connectivity index (χ1n) is 6.38. The van der Waals surface area contributed by atoms with E-state index in [1.807, 2.05) is 37.3 Å². The second-order valence-electron chi connectivity index (χ2n) is 4.65. The first-order valence-corrected chi connectivity index (χ1v) is 7.36. The monoisotopic (exact) mass is 286 g/mol. The third kappa shape index (κ3) is 3.78. The molecule has 0 aliphatic rings. The molecule has 2 aromatic rings. The molecular weight excluding hydrogens is 268 g/mol. The lowest BCUT2D eigenvalue weighted by Crippen LogP contribution is -2.27. The zero-order valence-electron chi connectivity index (χ0n) is 11.7. The van der Waals surface area contributed by atoms with Gasteiger partial charge in [0.25, 0.3) is 0 Å². The Kier molecular flexibility index (Phi) is 4.69. The molecule has 0 unspecified atom stereocenters. The molecule has 0 aliphatic heterocycles. The van der Waals surface area contributed by atoms with Crippen molar-refractivity contribution in [3.05, 3.63) is 54.1 Å². The summed E-state index contributed by atoms with van der Waals surface area (Å²) in [5.41, 5.74) is 8.40. The van der Waals surface area contributed by atoms with Gasteiger partial charge < -0.3 is 10.6 Å². The molecule has 0 fully saturated rings. The molecule has 0 heterocycles. The molecule has 1 amide bonds. The molecule has 0 radical (unpaired) electrons. The fourth-order valence-electron chi connectivity index (χ4n) is 1.79. The Morgan fingerprint density at radius 2 is 1.90 bits per heavy atom. The quantitative estimate of drug-likeness (QED) is 0.692. The predicted molar refractivity (Wildman–Crippen MR) is 86.2 cm³/mol. The summed E-state index contributed by atoms with van der Waals surface area (Å²) in [4.78, 5) is 14.9. The Bertz CT molecular complexity index is 596. The number of anilines is 2. The van der Waals surface area contributed by atoms with Gasteiger partial charge in [0.15, 0.2) is 0 Å². The van der Waals surface area contributed by atoms with Crippen LogP contribution in [0.15, 0.2) is 53.4 Å². The molecule has 0 atom stereocenters. The van der Waals surface area contributed by atoms with Crippen molar-refractivity contribution in [1.82, 2.24) is 0 Å². The van der Waals surface area contributed by atoms with Crippen LogP contribution in [-0.4, -0.2) is 18.7 Å². The van der Waals surface area contributed by atoms with Crippen LogP contribution in [0.1, 0.15) is 5.56 Å². The zero-order valence-corrected chi connectivity index (χ0v) is 12.5. The number of nitrogens with zero attached hydrogens (tertiary/aromatic N) is 1. The van der Waals surface area contributed by atoms with Gasteiger partial charge in [0.2, 0.25) is 5.91 Å². The first-order chi connectivity index (χ1) is 9.56. The van der Waals surface area contributed by atoms with Crippen molar-refractivity contribution in [2.45, 2.75) is 11.8 Å². The van der Waals surface area contributed by atoms with E-state index in [9.17, 15) is 4.79 Å². The van der Waals surface area contributed by atoms with E-state index in [4.69, 9.17) is 5.73 Å². The highest BCUT2D eigenvalue weighted by Gasteiger charge is 2.11. The van der Waals surface area contributed by atoms with Gasteiger partial charge in [-0.25, -0.2) is 0 Å². The number of thioether (sulfide) groups is 1. The van der Waals surface area contributed by atoms with E-state index in [1.54, 1.807) is 35.8 Å². The minimum atomic E-state index is 0.0706. The Balaban J connectivity index is 1.96. The maximum Gasteiger partial charge on any atom is 0.237 e. The summed E-state index contributed by atoms with van der Waals surface area (Å²) in [6, 6.07) is 15.5. The van der Waals surface area contributed by atoms with Crippen LogP contribution in [0.3, 0.4) is 0 Å². The summed E-state index contributed by atoms with van der Waals surface area (Å²) < 4.78 is 0. The van der Waals surface area contributed by atoms with Gasteiger partial charge in [0, 0.05) is 23.3 Å². The highest BCUT2D eigenvalue weighted by atomic mass is 32.2. The number of hydrogen-bond acceptors (Lipinski definition) is 3. The number of nitrogen functional groups attached to an aromatic ring is 1. The number of hydrogen-bond donors (Lipinski definition) is 1. The van der Waals surface area contributed by atoms with E-state index in [0.29, 0.717) is 11.4 Å². The smallest absolute Gasteiger partial charge is 0.237 e. The van der Waals surface area contributed by atoms with Gasteiger partial charge in [0.05, 0.1) is 5.75 Å². The summed E-state index contributed by atoms with van der Waals surface area (Å²) >= 11 is 1.55. The molecule has 2 aromatic carbocycles. The van der Waals surface area contributed by atoms with Crippen LogP contribution in [0.2, 0.25) is 0 Å². The fourth-order valence-corrected chi connectivity index (χ4v) is 2.72. The Morgan fingerprint density at radius 1 is 1.20 bits per heavy atom. The lowest BCUT2D eigenvalue weighted by Gasteiger charge is -2.17. The first kappa shape index (κ1) is 14.5. The van der Waals surface area contributed by atoms with Gasteiger partial charge in [-0.1, -0.05) is 17.7 Å². The molecule has 20 heavy (non-hydrogen) atoms. The molecule has 0 spiro atoms. The topological polar surface area (TPSA) is 46.3 Å². The third-order valence-corrected chi connectivity index (χ3v) is 3.98. The van der Waals surface area contributed by atoms with Crippen molar-refractivity contribution in [2.24, 2.45) is 0 Å². The number of rotatable bonds is 4. The van der Waals surface area contributed by atoms with Crippen molar-refractivity contribution in [3.63, 3.8) is 0 Å².